The highest BCUT2D eigenvalue weighted by Gasteiger charge is 2.30. The Bertz CT molecular complexity index is 507. The van der Waals surface area contributed by atoms with Gasteiger partial charge in [0.2, 0.25) is 0 Å². The van der Waals surface area contributed by atoms with Crippen molar-refractivity contribution in [1.82, 2.24) is 4.98 Å². The number of hydrogen-bond acceptors (Lipinski definition) is 2. The van der Waals surface area contributed by atoms with Gasteiger partial charge in [-0.2, -0.15) is 0 Å². The SMILES string of the molecule is NC(Cc1cccnc1)C1Cc2ccccc21. The van der Waals surface area contributed by atoms with E-state index < -0.39 is 0 Å². The third kappa shape index (κ3) is 1.96. The molecule has 2 unspecified atom stereocenters. The van der Waals surface area contributed by atoms with E-state index in [4.69, 9.17) is 5.73 Å². The summed E-state index contributed by atoms with van der Waals surface area (Å²) in [6.45, 7) is 0. The van der Waals surface area contributed by atoms with Gasteiger partial charge in [0.05, 0.1) is 0 Å². The Hall–Kier alpha value is -1.67. The van der Waals surface area contributed by atoms with Crippen LogP contribution in [0.4, 0.5) is 0 Å². The van der Waals surface area contributed by atoms with Crippen LogP contribution >= 0.6 is 0 Å². The molecule has 1 aliphatic carbocycles. The highest BCUT2D eigenvalue weighted by Crippen LogP contribution is 2.37. The fraction of sp³-hybridized carbons (Fsp3) is 0.267. The highest BCUT2D eigenvalue weighted by atomic mass is 14.7. The van der Waals surface area contributed by atoms with Gasteiger partial charge in [-0.3, -0.25) is 4.98 Å². The Morgan fingerprint density at radius 1 is 1.24 bits per heavy atom. The van der Waals surface area contributed by atoms with Crippen molar-refractivity contribution in [3.63, 3.8) is 0 Å². The summed E-state index contributed by atoms with van der Waals surface area (Å²) in [6, 6.07) is 12.9. The van der Waals surface area contributed by atoms with Crippen molar-refractivity contribution in [3.05, 3.63) is 65.5 Å². The van der Waals surface area contributed by atoms with E-state index in [0.29, 0.717) is 5.92 Å². The molecule has 0 aliphatic heterocycles. The van der Waals surface area contributed by atoms with Gasteiger partial charge in [0.15, 0.2) is 0 Å². The normalized spacial score (nSPS) is 19.2. The van der Waals surface area contributed by atoms with Crippen molar-refractivity contribution in [1.29, 1.82) is 0 Å². The molecule has 1 heterocycles. The predicted molar refractivity (Wildman–Crippen MR) is 68.8 cm³/mol. The van der Waals surface area contributed by atoms with Crippen molar-refractivity contribution in [2.45, 2.75) is 24.8 Å². The highest BCUT2D eigenvalue weighted by molar-refractivity contribution is 5.41. The van der Waals surface area contributed by atoms with Gasteiger partial charge in [-0.25, -0.2) is 0 Å². The Kier molecular flexibility index (Phi) is 2.65. The van der Waals surface area contributed by atoms with Crippen LogP contribution in [0.1, 0.15) is 22.6 Å². The first-order chi connectivity index (χ1) is 8.34. The van der Waals surface area contributed by atoms with Gasteiger partial charge >= 0.3 is 0 Å². The summed E-state index contributed by atoms with van der Waals surface area (Å²) >= 11 is 0. The van der Waals surface area contributed by atoms with Gasteiger partial charge < -0.3 is 5.73 Å². The maximum atomic E-state index is 6.30. The minimum Gasteiger partial charge on any atom is -0.327 e. The summed E-state index contributed by atoms with van der Waals surface area (Å²) in [7, 11) is 0. The molecule has 1 aromatic carbocycles. The first-order valence-corrected chi connectivity index (χ1v) is 6.07. The quantitative estimate of drug-likeness (QED) is 0.868. The van der Waals surface area contributed by atoms with Gasteiger partial charge in [-0.05, 0) is 35.6 Å². The smallest absolute Gasteiger partial charge is 0.0300 e. The van der Waals surface area contributed by atoms with E-state index in [1.165, 1.54) is 16.7 Å². The summed E-state index contributed by atoms with van der Waals surface area (Å²) in [5, 5.41) is 0. The summed E-state index contributed by atoms with van der Waals surface area (Å²) < 4.78 is 0. The van der Waals surface area contributed by atoms with E-state index >= 15 is 0 Å². The largest absolute Gasteiger partial charge is 0.327 e. The zero-order valence-corrected chi connectivity index (χ0v) is 9.71. The Labute approximate surface area is 102 Å². The number of benzene rings is 1. The molecule has 1 aromatic heterocycles. The van der Waals surface area contributed by atoms with Crippen LogP contribution in [-0.4, -0.2) is 11.0 Å². The molecule has 0 fully saturated rings. The number of aromatic nitrogens is 1. The number of rotatable bonds is 3. The number of nitrogens with zero attached hydrogens (tertiary/aromatic N) is 1. The lowest BCUT2D eigenvalue weighted by atomic mass is 9.72. The molecule has 17 heavy (non-hydrogen) atoms. The van der Waals surface area contributed by atoms with E-state index in [-0.39, 0.29) is 6.04 Å². The molecule has 0 bridgehead atoms. The van der Waals surface area contributed by atoms with Crippen LogP contribution in [-0.2, 0) is 12.8 Å². The zero-order valence-electron chi connectivity index (χ0n) is 9.71. The van der Waals surface area contributed by atoms with Gasteiger partial charge in [-0.1, -0.05) is 30.3 Å². The molecule has 2 nitrogen and oxygen atoms in total. The average Bonchev–Trinajstić information content (AvgIpc) is 2.32. The molecule has 2 heteroatoms. The second-order valence-corrected chi connectivity index (χ2v) is 4.74. The molecular formula is C15H16N2. The van der Waals surface area contributed by atoms with Crippen LogP contribution in [0.2, 0.25) is 0 Å². The van der Waals surface area contributed by atoms with Crippen LogP contribution in [0.5, 0.6) is 0 Å². The van der Waals surface area contributed by atoms with Gasteiger partial charge in [0, 0.05) is 24.4 Å². The van der Waals surface area contributed by atoms with E-state index in [1.54, 1.807) is 6.20 Å². The van der Waals surface area contributed by atoms with E-state index in [9.17, 15) is 0 Å². The standard InChI is InChI=1S/C15H16N2/c16-15(8-11-4-3-7-17-10-11)14-9-12-5-1-2-6-13(12)14/h1-7,10,14-15H,8-9,16H2. The van der Waals surface area contributed by atoms with Crippen LogP contribution in [0.3, 0.4) is 0 Å². The van der Waals surface area contributed by atoms with Crippen molar-refractivity contribution in [2.24, 2.45) is 5.73 Å². The fourth-order valence-corrected chi connectivity index (χ4v) is 2.61. The second kappa shape index (κ2) is 4.30. The maximum Gasteiger partial charge on any atom is 0.0300 e. The number of nitrogens with two attached hydrogens (primary N) is 1. The third-order valence-corrected chi connectivity index (χ3v) is 3.61. The van der Waals surface area contributed by atoms with Crippen LogP contribution < -0.4 is 5.73 Å². The average molecular weight is 224 g/mol. The molecule has 0 saturated heterocycles. The Balaban J connectivity index is 1.72. The molecule has 0 amide bonds. The van der Waals surface area contributed by atoms with Crippen molar-refractivity contribution in [2.75, 3.05) is 0 Å². The molecular weight excluding hydrogens is 208 g/mol. The molecule has 0 spiro atoms. The minimum atomic E-state index is 0.203. The number of pyridine rings is 1. The minimum absolute atomic E-state index is 0.203. The lowest BCUT2D eigenvalue weighted by molar-refractivity contribution is 0.480. The Morgan fingerprint density at radius 3 is 2.88 bits per heavy atom. The summed E-state index contributed by atoms with van der Waals surface area (Å²) in [5.41, 5.74) is 10.4. The van der Waals surface area contributed by atoms with Crippen LogP contribution in [0.15, 0.2) is 48.8 Å². The second-order valence-electron chi connectivity index (χ2n) is 4.74. The number of fused-ring (bicyclic) bond motifs is 1. The lowest BCUT2D eigenvalue weighted by Gasteiger charge is -2.34. The predicted octanol–water partition coefficient (Wildman–Crippen LogP) is 2.29. The molecule has 0 radical (unpaired) electrons. The zero-order chi connectivity index (χ0) is 11.7. The summed E-state index contributed by atoms with van der Waals surface area (Å²) in [4.78, 5) is 4.13. The Morgan fingerprint density at radius 2 is 2.12 bits per heavy atom. The van der Waals surface area contributed by atoms with Crippen molar-refractivity contribution < 1.29 is 0 Å². The first-order valence-electron chi connectivity index (χ1n) is 6.07. The fourth-order valence-electron chi connectivity index (χ4n) is 2.61. The van der Waals surface area contributed by atoms with Crippen molar-refractivity contribution in [3.8, 4) is 0 Å². The summed E-state index contributed by atoms with van der Waals surface area (Å²) in [6.07, 6.45) is 5.74. The van der Waals surface area contributed by atoms with Crippen molar-refractivity contribution >= 4 is 0 Å². The van der Waals surface area contributed by atoms with Gasteiger partial charge in [0.25, 0.3) is 0 Å². The van der Waals surface area contributed by atoms with E-state index in [0.717, 1.165) is 12.8 Å². The number of hydrogen-bond donors (Lipinski definition) is 1. The maximum absolute atomic E-state index is 6.30. The summed E-state index contributed by atoms with van der Waals surface area (Å²) in [5.74, 6) is 0.520. The molecule has 2 N–H and O–H groups in total. The van der Waals surface area contributed by atoms with E-state index in [1.807, 2.05) is 12.3 Å². The lowest BCUT2D eigenvalue weighted by Crippen LogP contribution is -2.37. The van der Waals surface area contributed by atoms with Gasteiger partial charge in [0.1, 0.15) is 0 Å². The first kappa shape index (κ1) is 10.5. The van der Waals surface area contributed by atoms with Crippen LogP contribution in [0, 0.1) is 0 Å². The topological polar surface area (TPSA) is 38.9 Å². The third-order valence-electron chi connectivity index (χ3n) is 3.61. The molecule has 2 aromatic rings. The monoisotopic (exact) mass is 224 g/mol. The van der Waals surface area contributed by atoms with Gasteiger partial charge in [-0.15, -0.1) is 0 Å². The molecule has 0 saturated carbocycles. The van der Waals surface area contributed by atoms with E-state index in [2.05, 4.69) is 35.3 Å². The van der Waals surface area contributed by atoms with Crippen LogP contribution in [0.25, 0.3) is 0 Å². The molecule has 1 aliphatic rings. The molecule has 3 rings (SSSR count). The molecule has 2 atom stereocenters. The molecule has 86 valence electrons.